The van der Waals surface area contributed by atoms with Crippen molar-refractivity contribution in [3.63, 3.8) is 0 Å². The maximum atomic E-state index is 11.9. The van der Waals surface area contributed by atoms with Crippen LogP contribution in [0.2, 0.25) is 0 Å². The highest BCUT2D eigenvalue weighted by atomic mass is 35.5. The molecule has 0 aromatic carbocycles. The Hall–Kier alpha value is -1.98. The number of hydrogen-bond acceptors (Lipinski definition) is 5. The van der Waals surface area contributed by atoms with Crippen molar-refractivity contribution in [2.75, 3.05) is 14.2 Å². The van der Waals surface area contributed by atoms with E-state index in [1.165, 1.54) is 7.11 Å². The smallest absolute Gasteiger partial charge is 0.376 e. The summed E-state index contributed by atoms with van der Waals surface area (Å²) in [4.78, 5) is 11.9. The molecule has 3 rings (SSSR count). The molecule has 2 atom stereocenters. The Morgan fingerprint density at radius 2 is 2.13 bits per heavy atom. The fourth-order valence-electron chi connectivity index (χ4n) is 2.75. The van der Waals surface area contributed by atoms with Crippen LogP contribution in [0.25, 0.3) is 0 Å². The first-order valence-electron chi connectivity index (χ1n) is 7.27. The van der Waals surface area contributed by atoms with Gasteiger partial charge in [0.25, 0.3) is 0 Å². The molecule has 0 aromatic rings. The van der Waals surface area contributed by atoms with Crippen molar-refractivity contribution in [1.82, 2.24) is 0 Å². The van der Waals surface area contributed by atoms with E-state index in [1.54, 1.807) is 13.2 Å². The van der Waals surface area contributed by atoms with E-state index in [0.29, 0.717) is 5.76 Å². The molecule has 0 radical (unpaired) electrons. The van der Waals surface area contributed by atoms with Crippen LogP contribution in [0.3, 0.4) is 0 Å². The van der Waals surface area contributed by atoms with Gasteiger partial charge >= 0.3 is 12.3 Å². The van der Waals surface area contributed by atoms with Crippen molar-refractivity contribution in [2.45, 2.75) is 25.2 Å². The van der Waals surface area contributed by atoms with Crippen LogP contribution in [0.15, 0.2) is 58.1 Å². The second-order valence-corrected chi connectivity index (χ2v) is 5.54. The lowest BCUT2D eigenvalue weighted by atomic mass is 9.87. The molecule has 1 aliphatic heterocycles. The van der Waals surface area contributed by atoms with E-state index in [-0.39, 0.29) is 5.22 Å². The number of hydrogen-bond donors (Lipinski definition) is 0. The summed E-state index contributed by atoms with van der Waals surface area (Å²) in [5, 5.41) is 0.132. The molecule has 0 aromatic heterocycles. The van der Waals surface area contributed by atoms with Gasteiger partial charge in [-0.2, -0.15) is 0 Å². The molecule has 23 heavy (non-hydrogen) atoms. The third-order valence-corrected chi connectivity index (χ3v) is 4.18. The minimum absolute atomic E-state index is 0.132. The summed E-state index contributed by atoms with van der Waals surface area (Å²) in [5.41, 5.74) is 2.77. The van der Waals surface area contributed by atoms with Crippen LogP contribution in [-0.4, -0.2) is 32.6 Å². The Morgan fingerprint density at radius 1 is 1.30 bits per heavy atom. The molecule has 0 amide bonds. The van der Waals surface area contributed by atoms with Gasteiger partial charge in [-0.25, -0.2) is 4.79 Å². The first kappa shape index (κ1) is 15.9. The Kier molecular flexibility index (Phi) is 4.59. The maximum absolute atomic E-state index is 11.9. The molecule has 0 spiro atoms. The van der Waals surface area contributed by atoms with Crippen LogP contribution in [0.4, 0.5) is 0 Å². The van der Waals surface area contributed by atoms with Crippen molar-refractivity contribution in [3.05, 3.63) is 58.1 Å². The van der Waals surface area contributed by atoms with E-state index in [4.69, 9.17) is 30.5 Å². The number of carbonyl (C=O) groups excluding carboxylic acids is 1. The monoisotopic (exact) mass is 336 g/mol. The predicted molar refractivity (Wildman–Crippen MR) is 84.3 cm³/mol. The highest BCUT2D eigenvalue weighted by Gasteiger charge is 2.33. The lowest BCUT2D eigenvalue weighted by Gasteiger charge is -2.31. The fourth-order valence-corrected chi connectivity index (χ4v) is 3.01. The van der Waals surface area contributed by atoms with Crippen LogP contribution < -0.4 is 0 Å². The number of methoxy groups -OCH3 is 2. The van der Waals surface area contributed by atoms with Crippen molar-refractivity contribution in [3.8, 4) is 0 Å². The van der Waals surface area contributed by atoms with Gasteiger partial charge in [-0.15, -0.1) is 0 Å². The van der Waals surface area contributed by atoms with Crippen LogP contribution >= 0.6 is 11.6 Å². The van der Waals surface area contributed by atoms with Crippen LogP contribution in [-0.2, 0) is 23.7 Å². The molecule has 6 heteroatoms. The number of carbonyl (C=O) groups is 1. The largest absolute Gasteiger partial charge is 0.497 e. The molecule has 0 bridgehead atoms. The van der Waals surface area contributed by atoms with Gasteiger partial charge in [0.15, 0.2) is 5.22 Å². The first-order valence-corrected chi connectivity index (χ1v) is 7.65. The quantitative estimate of drug-likeness (QED) is 0.725. The molecule has 0 saturated heterocycles. The van der Waals surface area contributed by atoms with E-state index < -0.39 is 18.4 Å². The van der Waals surface area contributed by atoms with Gasteiger partial charge < -0.3 is 18.9 Å². The van der Waals surface area contributed by atoms with Crippen molar-refractivity contribution in [2.24, 2.45) is 0 Å². The highest BCUT2D eigenvalue weighted by molar-refractivity contribution is 6.29. The normalized spacial score (nSPS) is 29.6. The average molecular weight is 337 g/mol. The van der Waals surface area contributed by atoms with Crippen molar-refractivity contribution < 1.29 is 23.7 Å². The summed E-state index contributed by atoms with van der Waals surface area (Å²) in [6.45, 7) is 0. The number of halogens is 1. The van der Waals surface area contributed by atoms with Crippen LogP contribution in [0.5, 0.6) is 0 Å². The fraction of sp³-hybridized carbons (Fsp3) is 0.353. The summed E-state index contributed by atoms with van der Waals surface area (Å²) < 4.78 is 21.3. The average Bonchev–Trinajstić information content (AvgIpc) is 2.59. The highest BCUT2D eigenvalue weighted by Crippen LogP contribution is 2.37. The minimum atomic E-state index is -1.24. The van der Waals surface area contributed by atoms with Gasteiger partial charge in [0.1, 0.15) is 11.9 Å². The van der Waals surface area contributed by atoms with E-state index in [2.05, 4.69) is 0 Å². The predicted octanol–water partition coefficient (Wildman–Crippen LogP) is 3.10. The van der Waals surface area contributed by atoms with Gasteiger partial charge in [-0.3, -0.25) is 0 Å². The number of allylic oxidation sites excluding steroid dienone is 5. The summed E-state index contributed by atoms with van der Waals surface area (Å²) in [6.07, 6.45) is 9.56. The number of fused-ring (bicyclic) bond motifs is 2. The number of rotatable bonds is 2. The zero-order chi connectivity index (χ0) is 16.4. The van der Waals surface area contributed by atoms with Crippen LogP contribution in [0.1, 0.15) is 12.8 Å². The molecule has 122 valence electrons. The molecule has 0 fully saturated rings. The Balaban J connectivity index is 2.10. The zero-order valence-corrected chi connectivity index (χ0v) is 13.6. The molecule has 0 saturated carbocycles. The summed E-state index contributed by atoms with van der Waals surface area (Å²) in [5.74, 6) is 0.0137. The minimum Gasteiger partial charge on any atom is -0.497 e. The number of esters is 1. The topological polar surface area (TPSA) is 54.0 Å². The van der Waals surface area contributed by atoms with Crippen molar-refractivity contribution in [1.29, 1.82) is 0 Å². The van der Waals surface area contributed by atoms with Gasteiger partial charge in [-0.05, 0) is 47.7 Å². The van der Waals surface area contributed by atoms with E-state index in [9.17, 15) is 4.79 Å². The zero-order valence-electron chi connectivity index (χ0n) is 12.9. The Labute approximate surface area is 139 Å². The van der Waals surface area contributed by atoms with Gasteiger partial charge in [0, 0.05) is 5.57 Å². The van der Waals surface area contributed by atoms with E-state index >= 15 is 0 Å². The Bertz CT molecular complexity index is 668. The van der Waals surface area contributed by atoms with E-state index in [1.807, 2.05) is 24.3 Å². The number of ether oxygens (including phenoxy) is 4. The Morgan fingerprint density at radius 3 is 2.87 bits per heavy atom. The lowest BCUT2D eigenvalue weighted by Crippen LogP contribution is -2.35. The maximum Gasteiger partial charge on any atom is 0.376 e. The second-order valence-electron chi connectivity index (χ2n) is 5.20. The van der Waals surface area contributed by atoms with Gasteiger partial charge in [-0.1, -0.05) is 18.2 Å². The lowest BCUT2D eigenvalue weighted by molar-refractivity contribution is -0.186. The standard InChI is InChI=1S/C17H17ClO5/c1-20-10-7-8-12-11-5-3-4-6-13(11)15(18)23-17(16(19)21-2)22-14(12)9-10/h4,6-9,14,17H,3,5H2,1-2H3/b12-11-,15-13?. The van der Waals surface area contributed by atoms with Crippen LogP contribution in [0, 0.1) is 0 Å². The molecule has 2 aliphatic carbocycles. The molecule has 0 N–H and O–H groups in total. The summed E-state index contributed by atoms with van der Waals surface area (Å²) in [6, 6.07) is 0. The van der Waals surface area contributed by atoms with E-state index in [0.717, 1.165) is 29.6 Å². The van der Waals surface area contributed by atoms with Gasteiger partial charge in [0.05, 0.1) is 14.2 Å². The third kappa shape index (κ3) is 3.07. The summed E-state index contributed by atoms with van der Waals surface area (Å²) >= 11 is 6.27. The summed E-state index contributed by atoms with van der Waals surface area (Å²) in [7, 11) is 2.85. The SMILES string of the molecule is COC(=O)C1OC(Cl)=C2C=CCC/C2=C2\C=CC(OC)=CC2O1. The molecule has 3 aliphatic rings. The molecule has 1 heterocycles. The van der Waals surface area contributed by atoms with Gasteiger partial charge in [0.2, 0.25) is 0 Å². The van der Waals surface area contributed by atoms with Crippen molar-refractivity contribution >= 4 is 17.6 Å². The second kappa shape index (κ2) is 6.64. The molecule has 2 unspecified atom stereocenters. The first-order chi connectivity index (χ1) is 11.1. The third-order valence-electron chi connectivity index (χ3n) is 3.89. The molecule has 5 nitrogen and oxygen atoms in total. The molecular formula is C17H17ClO5. The molecular weight excluding hydrogens is 320 g/mol.